The van der Waals surface area contributed by atoms with Crippen LogP contribution in [0.4, 0.5) is 18.9 Å². The van der Waals surface area contributed by atoms with Crippen molar-refractivity contribution < 1.29 is 22.4 Å². The van der Waals surface area contributed by atoms with E-state index in [9.17, 15) is 18.0 Å². The molecule has 0 atom stereocenters. The predicted molar refractivity (Wildman–Crippen MR) is 112 cm³/mol. The fourth-order valence-electron chi connectivity index (χ4n) is 3.38. The number of alkyl halides is 3. The highest BCUT2D eigenvalue weighted by molar-refractivity contribution is 5.58. The van der Waals surface area contributed by atoms with Crippen molar-refractivity contribution in [2.45, 2.75) is 52.1 Å². The molecule has 1 aliphatic heterocycles. The summed E-state index contributed by atoms with van der Waals surface area (Å²) in [5, 5.41) is 16.4. The lowest BCUT2D eigenvalue weighted by Crippen LogP contribution is -2.57. The number of hydrogen-bond donors (Lipinski definition) is 0. The Labute approximate surface area is 187 Å². The van der Waals surface area contributed by atoms with Gasteiger partial charge in [0, 0.05) is 24.7 Å². The number of hydrogen-bond acceptors (Lipinski definition) is 8. The summed E-state index contributed by atoms with van der Waals surface area (Å²) >= 11 is 0. The summed E-state index contributed by atoms with van der Waals surface area (Å²) in [6, 6.07) is 4.96. The smallest absolute Gasteiger partial charge is 0.365 e. The van der Waals surface area contributed by atoms with Gasteiger partial charge >= 0.3 is 6.18 Å². The van der Waals surface area contributed by atoms with Crippen LogP contribution in [0, 0.1) is 13.8 Å². The fourth-order valence-corrected chi connectivity index (χ4v) is 3.38. The molecule has 0 radical (unpaired) electrons. The summed E-state index contributed by atoms with van der Waals surface area (Å²) in [6.07, 6.45) is -3.54. The topological polar surface area (TPSA) is 99.2 Å². The molecule has 1 saturated heterocycles. The van der Waals surface area contributed by atoms with Gasteiger partial charge in [-0.05, 0) is 39.8 Å². The Hall–Kier alpha value is -3.28. The average molecular weight is 464 g/mol. The molecule has 0 aromatic carbocycles. The van der Waals surface area contributed by atoms with Crippen molar-refractivity contribution in [1.82, 2.24) is 25.1 Å². The maximum atomic E-state index is 13.0. The first-order chi connectivity index (χ1) is 15.4. The quantitative estimate of drug-likeness (QED) is 0.549. The minimum Gasteiger partial charge on any atom is -0.365 e. The van der Waals surface area contributed by atoms with Crippen molar-refractivity contribution in [3.8, 4) is 11.4 Å². The van der Waals surface area contributed by atoms with E-state index < -0.39 is 17.9 Å². The van der Waals surface area contributed by atoms with Crippen molar-refractivity contribution in [2.24, 2.45) is 0 Å². The summed E-state index contributed by atoms with van der Waals surface area (Å²) < 4.78 is 50.7. The molecule has 0 spiro atoms. The van der Waals surface area contributed by atoms with Crippen LogP contribution in [-0.4, -0.2) is 56.1 Å². The van der Waals surface area contributed by atoms with Gasteiger partial charge in [-0.2, -0.15) is 23.4 Å². The Morgan fingerprint density at radius 3 is 2.52 bits per heavy atom. The van der Waals surface area contributed by atoms with E-state index in [0.717, 1.165) is 19.5 Å². The van der Waals surface area contributed by atoms with Crippen LogP contribution < -0.4 is 10.5 Å². The molecule has 4 heterocycles. The fraction of sp³-hybridized carbons (Fsp3) is 0.476. The molecule has 1 fully saturated rings. The van der Waals surface area contributed by atoms with Crippen LogP contribution in [0.25, 0.3) is 11.4 Å². The molecule has 9 nitrogen and oxygen atoms in total. The van der Waals surface area contributed by atoms with Gasteiger partial charge in [0.05, 0.1) is 30.2 Å². The zero-order chi connectivity index (χ0) is 24.0. The van der Waals surface area contributed by atoms with Gasteiger partial charge < -0.3 is 14.2 Å². The molecule has 0 unspecified atom stereocenters. The van der Waals surface area contributed by atoms with E-state index in [1.807, 2.05) is 6.92 Å². The Bertz CT molecular complexity index is 1200. The van der Waals surface area contributed by atoms with Crippen LogP contribution in [0.1, 0.15) is 30.9 Å². The lowest BCUT2D eigenvalue weighted by atomic mass is 10.1. The van der Waals surface area contributed by atoms with Crippen LogP contribution in [0.15, 0.2) is 33.7 Å². The maximum Gasteiger partial charge on any atom is 0.416 e. The Kier molecular flexibility index (Phi) is 5.72. The molecule has 12 heteroatoms. The molecule has 176 valence electrons. The number of aromatic nitrogens is 5. The van der Waals surface area contributed by atoms with E-state index in [-0.39, 0.29) is 25.2 Å². The molecular weight excluding hydrogens is 441 g/mol. The molecule has 1 aliphatic rings. The summed E-state index contributed by atoms with van der Waals surface area (Å²) in [5.41, 5.74) is 0.332. The van der Waals surface area contributed by atoms with Crippen molar-refractivity contribution in [3.05, 3.63) is 51.8 Å². The van der Waals surface area contributed by atoms with Gasteiger partial charge in [0.2, 0.25) is 0 Å². The van der Waals surface area contributed by atoms with E-state index in [2.05, 4.69) is 20.5 Å². The molecule has 0 aliphatic carbocycles. The van der Waals surface area contributed by atoms with E-state index in [1.54, 1.807) is 24.0 Å². The molecular formula is C21H23F3N6O3. The van der Waals surface area contributed by atoms with E-state index in [1.165, 1.54) is 16.9 Å². The van der Waals surface area contributed by atoms with Gasteiger partial charge in [-0.15, -0.1) is 5.10 Å². The third-order valence-electron chi connectivity index (χ3n) is 5.55. The zero-order valence-electron chi connectivity index (χ0n) is 18.5. The minimum atomic E-state index is -4.46. The number of nitrogens with zero attached hydrogens (tertiary/aromatic N) is 6. The second kappa shape index (κ2) is 8.25. The monoisotopic (exact) mass is 464 g/mol. The van der Waals surface area contributed by atoms with Gasteiger partial charge in [0.25, 0.3) is 5.56 Å². The number of halogens is 3. The first kappa shape index (κ1) is 22.9. The second-order valence-corrected chi connectivity index (χ2v) is 8.49. The van der Waals surface area contributed by atoms with Crippen LogP contribution in [0.2, 0.25) is 0 Å². The van der Waals surface area contributed by atoms with Gasteiger partial charge in [0.15, 0.2) is 5.60 Å². The molecule has 0 amide bonds. The summed E-state index contributed by atoms with van der Waals surface area (Å²) in [6.45, 7) is 6.15. The third-order valence-corrected chi connectivity index (χ3v) is 5.55. The van der Waals surface area contributed by atoms with Gasteiger partial charge in [0.1, 0.15) is 17.1 Å². The van der Waals surface area contributed by atoms with Crippen LogP contribution in [-0.2, 0) is 11.3 Å². The largest absolute Gasteiger partial charge is 0.416 e. The highest BCUT2D eigenvalue weighted by atomic mass is 19.4. The number of aryl methyl sites for hydroxylation is 2. The molecule has 3 aromatic rings. The van der Waals surface area contributed by atoms with E-state index >= 15 is 0 Å². The Balaban J connectivity index is 1.46. The molecule has 0 N–H and O–H groups in total. The van der Waals surface area contributed by atoms with Gasteiger partial charge in [-0.25, -0.2) is 4.68 Å². The lowest BCUT2D eigenvalue weighted by Gasteiger charge is -2.44. The SMILES string of the molecule is Cc1ccc(-c2noc(C)c2Cn2ncc(N3CC(OC(C)(C)C(F)(F)F)C3)cc2=O)nn1. The number of rotatable bonds is 6. The molecule has 0 bridgehead atoms. The highest BCUT2D eigenvalue weighted by Gasteiger charge is 2.51. The molecule has 0 saturated carbocycles. The first-order valence-electron chi connectivity index (χ1n) is 10.3. The highest BCUT2D eigenvalue weighted by Crippen LogP contribution is 2.35. The van der Waals surface area contributed by atoms with Crippen LogP contribution >= 0.6 is 0 Å². The third kappa shape index (κ3) is 4.61. The molecule has 4 rings (SSSR count). The standard InChI is InChI=1S/C21H23F3N6O3/c1-12-5-6-17(27-26-12)19-16(13(2)33-28-19)11-30-18(31)7-14(8-25-30)29-9-15(10-29)32-20(3,4)21(22,23)24/h5-8,15H,9-11H2,1-4H3. The molecule has 33 heavy (non-hydrogen) atoms. The van der Waals surface area contributed by atoms with Crippen molar-refractivity contribution >= 4 is 5.69 Å². The molecule has 3 aromatic heterocycles. The van der Waals surface area contributed by atoms with Crippen molar-refractivity contribution in [3.63, 3.8) is 0 Å². The first-order valence-corrected chi connectivity index (χ1v) is 10.3. The van der Waals surface area contributed by atoms with E-state index in [4.69, 9.17) is 9.26 Å². The van der Waals surface area contributed by atoms with E-state index in [0.29, 0.717) is 28.4 Å². The Morgan fingerprint density at radius 2 is 1.91 bits per heavy atom. The summed E-state index contributed by atoms with van der Waals surface area (Å²) in [5.74, 6) is 0.528. The summed E-state index contributed by atoms with van der Waals surface area (Å²) in [4.78, 5) is 14.4. The zero-order valence-corrected chi connectivity index (χ0v) is 18.5. The summed E-state index contributed by atoms with van der Waals surface area (Å²) in [7, 11) is 0. The lowest BCUT2D eigenvalue weighted by molar-refractivity contribution is -0.278. The number of anilines is 1. The number of ether oxygens (including phenoxy) is 1. The van der Waals surface area contributed by atoms with Crippen molar-refractivity contribution in [2.75, 3.05) is 18.0 Å². The Morgan fingerprint density at radius 1 is 1.18 bits per heavy atom. The second-order valence-electron chi connectivity index (χ2n) is 8.49. The van der Waals surface area contributed by atoms with Gasteiger partial charge in [-0.1, -0.05) is 5.16 Å². The normalized spacial score (nSPS) is 15.1. The minimum absolute atomic E-state index is 0.116. The van der Waals surface area contributed by atoms with Crippen LogP contribution in [0.5, 0.6) is 0 Å². The van der Waals surface area contributed by atoms with Crippen molar-refractivity contribution in [1.29, 1.82) is 0 Å². The average Bonchev–Trinajstić information content (AvgIpc) is 3.06. The predicted octanol–water partition coefficient (Wildman–Crippen LogP) is 2.90. The maximum absolute atomic E-state index is 13.0. The van der Waals surface area contributed by atoms with Gasteiger partial charge in [-0.3, -0.25) is 4.79 Å². The van der Waals surface area contributed by atoms with Crippen LogP contribution in [0.3, 0.4) is 0 Å².